The van der Waals surface area contributed by atoms with E-state index in [0.29, 0.717) is 0 Å². The molecule has 0 aromatic carbocycles. The maximum atomic E-state index is 12.3. The first-order valence-electron chi connectivity index (χ1n) is 11.9. The molecule has 0 aliphatic heterocycles. The van der Waals surface area contributed by atoms with Crippen molar-refractivity contribution in [3.05, 3.63) is 11.3 Å². The number of unbranched alkanes of at least 4 members (excludes halogenated alkanes) is 13. The Labute approximate surface area is 179 Å². The summed E-state index contributed by atoms with van der Waals surface area (Å²) in [6, 6.07) is 0. The van der Waals surface area contributed by atoms with Crippen LogP contribution in [0.25, 0.3) is 0 Å². The van der Waals surface area contributed by atoms with Gasteiger partial charge in [0.25, 0.3) is 0 Å². The van der Waals surface area contributed by atoms with Gasteiger partial charge in [-0.25, -0.2) is 0 Å². The molecule has 0 amide bonds. The molecule has 3 heteroatoms. The fraction of sp³-hybridized carbons (Fsp3) is 0.880. The van der Waals surface area contributed by atoms with Crippen LogP contribution in [-0.4, -0.2) is 18.3 Å². The Morgan fingerprint density at radius 2 is 1.21 bits per heavy atom. The second kappa shape index (κ2) is 15.4. The molecule has 1 aliphatic rings. The van der Waals surface area contributed by atoms with Gasteiger partial charge < -0.3 is 4.74 Å². The third kappa shape index (κ3) is 10.9. The van der Waals surface area contributed by atoms with Gasteiger partial charge in [0.2, 0.25) is 0 Å². The maximum absolute atomic E-state index is 12.3. The Kier molecular flexibility index (Phi) is 14.0. The summed E-state index contributed by atoms with van der Waals surface area (Å²) in [4.78, 5) is 12.3. The molecule has 28 heavy (non-hydrogen) atoms. The van der Waals surface area contributed by atoms with E-state index in [1.165, 1.54) is 83.5 Å². The number of rotatable bonds is 17. The Morgan fingerprint density at radius 3 is 1.68 bits per heavy atom. The number of halogens is 1. The summed E-state index contributed by atoms with van der Waals surface area (Å²) in [5, 5.41) is 0. The molecule has 0 aromatic rings. The monoisotopic (exact) mass is 412 g/mol. The molecule has 1 rings (SSSR count). The van der Waals surface area contributed by atoms with Crippen LogP contribution in [0.2, 0.25) is 0 Å². The average Bonchev–Trinajstić information content (AvgIpc) is 2.67. The van der Waals surface area contributed by atoms with Crippen molar-refractivity contribution in [3.8, 4) is 0 Å². The standard InChI is InChI=1S/C25H45ClO2/c1-22-23(18-19-25(2,3)24(22)27)28-21-17-15-13-11-9-7-5-4-6-8-10-12-14-16-20-26/h4-21H2,1-3H3. The van der Waals surface area contributed by atoms with Crippen molar-refractivity contribution >= 4 is 17.4 Å². The Bertz CT molecular complexity index is 453. The van der Waals surface area contributed by atoms with E-state index in [1.807, 2.05) is 20.8 Å². The van der Waals surface area contributed by atoms with E-state index < -0.39 is 0 Å². The Balaban J connectivity index is 1.87. The van der Waals surface area contributed by atoms with Crippen LogP contribution in [0.4, 0.5) is 0 Å². The minimum atomic E-state index is -0.207. The maximum Gasteiger partial charge on any atom is 0.167 e. The molecular weight excluding hydrogens is 368 g/mol. The Morgan fingerprint density at radius 1 is 0.786 bits per heavy atom. The number of hydrogen-bond donors (Lipinski definition) is 0. The van der Waals surface area contributed by atoms with Crippen LogP contribution in [0.1, 0.15) is 124 Å². The van der Waals surface area contributed by atoms with Gasteiger partial charge in [0, 0.05) is 23.3 Å². The molecule has 0 saturated heterocycles. The number of carbonyl (C=O) groups is 1. The summed E-state index contributed by atoms with van der Waals surface area (Å²) in [6.07, 6.45) is 20.5. The molecule has 0 heterocycles. The molecule has 0 fully saturated rings. The lowest BCUT2D eigenvalue weighted by molar-refractivity contribution is -0.124. The lowest BCUT2D eigenvalue weighted by Gasteiger charge is -2.30. The van der Waals surface area contributed by atoms with E-state index in [4.69, 9.17) is 16.3 Å². The predicted octanol–water partition coefficient (Wildman–Crippen LogP) is 8.37. The van der Waals surface area contributed by atoms with Crippen molar-refractivity contribution in [2.45, 2.75) is 124 Å². The average molecular weight is 413 g/mol. The van der Waals surface area contributed by atoms with Crippen molar-refractivity contribution < 1.29 is 9.53 Å². The van der Waals surface area contributed by atoms with Gasteiger partial charge in [0.05, 0.1) is 6.61 Å². The van der Waals surface area contributed by atoms with Crippen molar-refractivity contribution in [1.29, 1.82) is 0 Å². The van der Waals surface area contributed by atoms with Crippen LogP contribution in [0.3, 0.4) is 0 Å². The largest absolute Gasteiger partial charge is 0.498 e. The van der Waals surface area contributed by atoms with Crippen molar-refractivity contribution in [1.82, 2.24) is 0 Å². The summed E-state index contributed by atoms with van der Waals surface area (Å²) in [7, 11) is 0. The second-order valence-electron chi connectivity index (χ2n) is 9.25. The summed E-state index contributed by atoms with van der Waals surface area (Å²) >= 11 is 5.69. The molecule has 0 N–H and O–H groups in total. The fourth-order valence-corrected chi connectivity index (χ4v) is 4.24. The van der Waals surface area contributed by atoms with Crippen molar-refractivity contribution in [2.24, 2.45) is 5.41 Å². The van der Waals surface area contributed by atoms with E-state index in [9.17, 15) is 4.79 Å². The summed E-state index contributed by atoms with van der Waals surface area (Å²) in [6.45, 7) is 6.78. The summed E-state index contributed by atoms with van der Waals surface area (Å²) in [5.74, 6) is 2.04. The number of alkyl halides is 1. The summed E-state index contributed by atoms with van der Waals surface area (Å²) in [5.41, 5.74) is 0.646. The van der Waals surface area contributed by atoms with Crippen molar-refractivity contribution in [2.75, 3.05) is 12.5 Å². The first-order valence-corrected chi connectivity index (χ1v) is 12.5. The van der Waals surface area contributed by atoms with Crippen LogP contribution in [-0.2, 0) is 9.53 Å². The third-order valence-corrected chi connectivity index (χ3v) is 6.42. The van der Waals surface area contributed by atoms with E-state index in [-0.39, 0.29) is 11.2 Å². The van der Waals surface area contributed by atoms with Crippen LogP contribution in [0.5, 0.6) is 0 Å². The van der Waals surface area contributed by atoms with Gasteiger partial charge >= 0.3 is 0 Å². The molecule has 0 aromatic heterocycles. The van der Waals surface area contributed by atoms with Gasteiger partial charge in [-0.3, -0.25) is 4.79 Å². The molecular formula is C25H45ClO2. The molecule has 0 atom stereocenters. The molecule has 0 spiro atoms. The van der Waals surface area contributed by atoms with Crippen LogP contribution >= 0.6 is 11.6 Å². The number of carbonyl (C=O) groups excluding carboxylic acids is 1. The molecule has 0 saturated carbocycles. The SMILES string of the molecule is CC1=C(OCCCCCCCCCCCCCCCCCl)CCC(C)(C)C1=O. The van der Waals surface area contributed by atoms with Gasteiger partial charge in [-0.1, -0.05) is 90.9 Å². The highest BCUT2D eigenvalue weighted by molar-refractivity contribution is 6.17. The lowest BCUT2D eigenvalue weighted by Crippen LogP contribution is -2.30. The second-order valence-corrected chi connectivity index (χ2v) is 9.63. The van der Waals surface area contributed by atoms with E-state index >= 15 is 0 Å². The van der Waals surface area contributed by atoms with Gasteiger partial charge in [0.1, 0.15) is 5.76 Å². The number of hydrogen-bond acceptors (Lipinski definition) is 2. The fourth-order valence-electron chi connectivity index (χ4n) is 4.05. The zero-order valence-electron chi connectivity index (χ0n) is 18.9. The van der Waals surface area contributed by atoms with Gasteiger partial charge in [-0.05, 0) is 26.2 Å². The molecule has 2 nitrogen and oxygen atoms in total. The minimum Gasteiger partial charge on any atom is -0.498 e. The van der Waals surface area contributed by atoms with Gasteiger partial charge in [-0.15, -0.1) is 11.6 Å². The number of Topliss-reactive ketones (excluding diaryl/α,β-unsaturated/α-hetero) is 1. The molecule has 164 valence electrons. The van der Waals surface area contributed by atoms with Gasteiger partial charge in [0.15, 0.2) is 5.78 Å². The van der Waals surface area contributed by atoms with Crippen LogP contribution in [0, 0.1) is 5.41 Å². The van der Waals surface area contributed by atoms with Crippen molar-refractivity contribution in [3.63, 3.8) is 0 Å². The first-order chi connectivity index (χ1) is 13.5. The van der Waals surface area contributed by atoms with E-state index in [1.54, 1.807) is 0 Å². The summed E-state index contributed by atoms with van der Waals surface area (Å²) < 4.78 is 5.92. The third-order valence-electron chi connectivity index (χ3n) is 6.15. The zero-order valence-corrected chi connectivity index (χ0v) is 19.7. The number of ketones is 1. The van der Waals surface area contributed by atoms with E-state index in [0.717, 1.165) is 43.1 Å². The number of ether oxygens (including phenoxy) is 1. The molecule has 0 bridgehead atoms. The smallest absolute Gasteiger partial charge is 0.167 e. The quantitative estimate of drug-likeness (QED) is 0.177. The van der Waals surface area contributed by atoms with Gasteiger partial charge in [-0.2, -0.15) is 0 Å². The molecule has 1 aliphatic carbocycles. The predicted molar refractivity (Wildman–Crippen MR) is 122 cm³/mol. The zero-order chi connectivity index (χ0) is 20.7. The highest BCUT2D eigenvalue weighted by Gasteiger charge is 2.34. The number of allylic oxidation sites excluding steroid dienone is 2. The minimum absolute atomic E-state index is 0.207. The highest BCUT2D eigenvalue weighted by Crippen LogP contribution is 2.35. The molecule has 0 radical (unpaired) electrons. The lowest BCUT2D eigenvalue weighted by atomic mass is 9.76. The topological polar surface area (TPSA) is 26.3 Å². The van der Waals surface area contributed by atoms with Crippen LogP contribution in [0.15, 0.2) is 11.3 Å². The first kappa shape index (κ1) is 25.5. The highest BCUT2D eigenvalue weighted by atomic mass is 35.5. The molecule has 0 unspecified atom stereocenters. The Hall–Kier alpha value is -0.500. The normalized spacial score (nSPS) is 16.6. The van der Waals surface area contributed by atoms with E-state index in [2.05, 4.69) is 0 Å². The van der Waals surface area contributed by atoms with Crippen LogP contribution < -0.4 is 0 Å².